The molecule has 4 heterocycles. The SMILES string of the molecule is CCc1cc(N2CC[C@H]3[C@H](CC(=O)N3C)C2)nc(N2CCOCC2)n1. The quantitative estimate of drug-likeness (QED) is 0.812. The molecule has 136 valence electrons. The highest BCUT2D eigenvalue weighted by Crippen LogP contribution is 2.33. The second-order valence-corrected chi connectivity index (χ2v) is 7.24. The Morgan fingerprint density at radius 1 is 1.20 bits per heavy atom. The largest absolute Gasteiger partial charge is 0.378 e. The molecule has 25 heavy (non-hydrogen) atoms. The van der Waals surface area contributed by atoms with Crippen LogP contribution >= 0.6 is 0 Å². The first-order valence-corrected chi connectivity index (χ1v) is 9.37. The zero-order valence-electron chi connectivity index (χ0n) is 15.1. The Kier molecular flexibility index (Phi) is 4.50. The van der Waals surface area contributed by atoms with Gasteiger partial charge in [0.2, 0.25) is 11.9 Å². The molecule has 4 rings (SSSR count). The van der Waals surface area contributed by atoms with Gasteiger partial charge in [-0.15, -0.1) is 0 Å². The fraction of sp³-hybridized carbons (Fsp3) is 0.722. The lowest BCUT2D eigenvalue weighted by molar-refractivity contribution is -0.127. The van der Waals surface area contributed by atoms with Crippen LogP contribution in [0.5, 0.6) is 0 Å². The second kappa shape index (κ2) is 6.78. The number of fused-ring (bicyclic) bond motifs is 1. The van der Waals surface area contributed by atoms with Crippen LogP contribution in [0.4, 0.5) is 11.8 Å². The van der Waals surface area contributed by atoms with E-state index in [1.807, 2.05) is 11.9 Å². The van der Waals surface area contributed by atoms with Crippen molar-refractivity contribution in [2.45, 2.75) is 32.2 Å². The van der Waals surface area contributed by atoms with E-state index in [1.165, 1.54) is 0 Å². The number of amides is 1. The maximum atomic E-state index is 12.0. The molecule has 0 bridgehead atoms. The summed E-state index contributed by atoms with van der Waals surface area (Å²) in [5.74, 6) is 2.52. The molecular formula is C18H27N5O2. The van der Waals surface area contributed by atoms with Crippen LogP contribution in [0.3, 0.4) is 0 Å². The van der Waals surface area contributed by atoms with Gasteiger partial charge in [-0.1, -0.05) is 6.92 Å². The summed E-state index contributed by atoms with van der Waals surface area (Å²) < 4.78 is 5.45. The van der Waals surface area contributed by atoms with Crippen molar-refractivity contribution in [1.29, 1.82) is 0 Å². The number of ether oxygens (including phenoxy) is 1. The summed E-state index contributed by atoms with van der Waals surface area (Å²) in [5, 5.41) is 0. The average Bonchev–Trinajstić information content (AvgIpc) is 2.95. The Balaban J connectivity index is 1.56. The van der Waals surface area contributed by atoms with Crippen molar-refractivity contribution in [2.24, 2.45) is 5.92 Å². The number of rotatable bonds is 3. The maximum absolute atomic E-state index is 12.0. The fourth-order valence-electron chi connectivity index (χ4n) is 4.21. The van der Waals surface area contributed by atoms with E-state index in [1.54, 1.807) is 0 Å². The number of carbonyl (C=O) groups is 1. The number of hydrogen-bond donors (Lipinski definition) is 0. The summed E-state index contributed by atoms with van der Waals surface area (Å²) in [6, 6.07) is 2.51. The fourth-order valence-corrected chi connectivity index (χ4v) is 4.21. The van der Waals surface area contributed by atoms with Crippen molar-refractivity contribution >= 4 is 17.7 Å². The van der Waals surface area contributed by atoms with Crippen LogP contribution in [-0.4, -0.2) is 73.3 Å². The zero-order chi connectivity index (χ0) is 17.4. The normalized spacial score (nSPS) is 27.0. The zero-order valence-corrected chi connectivity index (χ0v) is 15.1. The monoisotopic (exact) mass is 345 g/mol. The molecule has 2 atom stereocenters. The van der Waals surface area contributed by atoms with E-state index < -0.39 is 0 Å². The van der Waals surface area contributed by atoms with E-state index >= 15 is 0 Å². The highest BCUT2D eigenvalue weighted by atomic mass is 16.5. The van der Waals surface area contributed by atoms with Crippen LogP contribution < -0.4 is 9.80 Å². The third-order valence-electron chi connectivity index (χ3n) is 5.76. The number of carbonyl (C=O) groups excluding carboxylic acids is 1. The summed E-state index contributed by atoms with van der Waals surface area (Å²) >= 11 is 0. The van der Waals surface area contributed by atoms with Crippen LogP contribution in [0, 0.1) is 5.92 Å². The first-order chi connectivity index (χ1) is 12.2. The number of morpholine rings is 1. The molecule has 0 aliphatic carbocycles. The standard InChI is InChI=1S/C18H27N5O2/c1-3-14-11-16(20-18(19-14)22-6-8-25-9-7-22)23-5-4-15-13(12-23)10-17(24)21(15)2/h11,13,15H,3-10,12H2,1-2H3/t13-,15+/m1/s1. The Bertz CT molecular complexity index is 646. The van der Waals surface area contributed by atoms with E-state index in [4.69, 9.17) is 14.7 Å². The lowest BCUT2D eigenvalue weighted by Gasteiger charge is -2.37. The second-order valence-electron chi connectivity index (χ2n) is 7.24. The Labute approximate surface area is 149 Å². The van der Waals surface area contributed by atoms with Crippen molar-refractivity contribution in [1.82, 2.24) is 14.9 Å². The van der Waals surface area contributed by atoms with Crippen molar-refractivity contribution < 1.29 is 9.53 Å². The van der Waals surface area contributed by atoms with E-state index in [0.29, 0.717) is 18.4 Å². The first-order valence-electron chi connectivity index (χ1n) is 9.37. The molecule has 3 aliphatic rings. The molecule has 0 unspecified atom stereocenters. The van der Waals surface area contributed by atoms with E-state index in [2.05, 4.69) is 22.8 Å². The summed E-state index contributed by atoms with van der Waals surface area (Å²) in [7, 11) is 1.94. The molecule has 0 radical (unpaired) electrons. The van der Waals surface area contributed by atoms with Gasteiger partial charge in [0.25, 0.3) is 0 Å². The van der Waals surface area contributed by atoms with Gasteiger partial charge in [-0.3, -0.25) is 4.79 Å². The third-order valence-corrected chi connectivity index (χ3v) is 5.76. The Hall–Kier alpha value is -1.89. The van der Waals surface area contributed by atoms with Gasteiger partial charge in [-0.25, -0.2) is 4.98 Å². The number of nitrogens with zero attached hydrogens (tertiary/aromatic N) is 5. The number of hydrogen-bond acceptors (Lipinski definition) is 6. The third kappa shape index (κ3) is 3.17. The van der Waals surface area contributed by atoms with Crippen LogP contribution in [-0.2, 0) is 16.0 Å². The molecule has 1 aromatic rings. The molecule has 3 fully saturated rings. The van der Waals surface area contributed by atoms with Gasteiger partial charge in [0, 0.05) is 63.4 Å². The van der Waals surface area contributed by atoms with E-state index in [-0.39, 0.29) is 5.91 Å². The van der Waals surface area contributed by atoms with Crippen molar-refractivity contribution in [3.8, 4) is 0 Å². The molecule has 3 saturated heterocycles. The van der Waals surface area contributed by atoms with Crippen LogP contribution in [0.1, 0.15) is 25.5 Å². The minimum atomic E-state index is 0.280. The van der Waals surface area contributed by atoms with E-state index in [0.717, 1.165) is 69.7 Å². The van der Waals surface area contributed by atoms with Gasteiger partial charge in [0.05, 0.1) is 13.2 Å². The topological polar surface area (TPSA) is 61.8 Å². The first kappa shape index (κ1) is 16.6. The highest BCUT2D eigenvalue weighted by molar-refractivity contribution is 5.79. The van der Waals surface area contributed by atoms with Gasteiger partial charge in [-0.2, -0.15) is 4.98 Å². The lowest BCUT2D eigenvalue weighted by atomic mass is 9.93. The predicted octanol–water partition coefficient (Wildman–Crippen LogP) is 0.933. The number of piperidine rings is 1. The maximum Gasteiger partial charge on any atom is 0.227 e. The summed E-state index contributed by atoms with van der Waals surface area (Å²) in [6.07, 6.45) is 2.58. The van der Waals surface area contributed by atoms with Gasteiger partial charge in [0.1, 0.15) is 5.82 Å². The summed E-state index contributed by atoms with van der Waals surface area (Å²) in [5.41, 5.74) is 1.08. The molecule has 0 aromatic carbocycles. The summed E-state index contributed by atoms with van der Waals surface area (Å²) in [6.45, 7) is 7.14. The number of anilines is 2. The van der Waals surface area contributed by atoms with Gasteiger partial charge >= 0.3 is 0 Å². The minimum absolute atomic E-state index is 0.280. The van der Waals surface area contributed by atoms with E-state index in [9.17, 15) is 4.79 Å². The molecule has 1 aromatic heterocycles. The molecular weight excluding hydrogens is 318 g/mol. The van der Waals surface area contributed by atoms with Crippen LogP contribution in [0.25, 0.3) is 0 Å². The van der Waals surface area contributed by atoms with Gasteiger partial charge < -0.3 is 19.4 Å². The minimum Gasteiger partial charge on any atom is -0.378 e. The van der Waals surface area contributed by atoms with Gasteiger partial charge in [0.15, 0.2) is 0 Å². The number of aromatic nitrogens is 2. The van der Waals surface area contributed by atoms with Crippen LogP contribution in [0.2, 0.25) is 0 Å². The van der Waals surface area contributed by atoms with Crippen molar-refractivity contribution in [3.05, 3.63) is 11.8 Å². The van der Waals surface area contributed by atoms with Crippen molar-refractivity contribution in [3.63, 3.8) is 0 Å². The average molecular weight is 345 g/mol. The molecule has 7 nitrogen and oxygen atoms in total. The van der Waals surface area contributed by atoms with Crippen molar-refractivity contribution in [2.75, 3.05) is 56.2 Å². The number of aryl methyl sites for hydroxylation is 1. The Morgan fingerprint density at radius 3 is 2.76 bits per heavy atom. The van der Waals surface area contributed by atoms with Crippen LogP contribution in [0.15, 0.2) is 6.07 Å². The van der Waals surface area contributed by atoms with Gasteiger partial charge in [-0.05, 0) is 12.8 Å². The lowest BCUT2D eigenvalue weighted by Crippen LogP contribution is -2.45. The molecule has 7 heteroatoms. The molecule has 1 amide bonds. The Morgan fingerprint density at radius 2 is 2.00 bits per heavy atom. The number of likely N-dealkylation sites (tertiary alicyclic amines) is 1. The predicted molar refractivity (Wildman–Crippen MR) is 95.9 cm³/mol. The molecule has 0 N–H and O–H groups in total. The molecule has 3 aliphatic heterocycles. The smallest absolute Gasteiger partial charge is 0.227 e. The molecule has 0 spiro atoms. The molecule has 0 saturated carbocycles. The highest BCUT2D eigenvalue weighted by Gasteiger charge is 2.41. The summed E-state index contributed by atoms with van der Waals surface area (Å²) in [4.78, 5) is 28.1.